The van der Waals surface area contributed by atoms with Gasteiger partial charge in [0.15, 0.2) is 0 Å². The number of carbonyl (C=O) groups excluding carboxylic acids is 1. The summed E-state index contributed by atoms with van der Waals surface area (Å²) in [5.74, 6) is -0.0896. The molecule has 0 aliphatic carbocycles. The fraction of sp³-hybridized carbons (Fsp3) is 0.947. The molecule has 0 saturated carbocycles. The van der Waals surface area contributed by atoms with Gasteiger partial charge in [-0.25, -0.2) is 0 Å². The van der Waals surface area contributed by atoms with Crippen LogP contribution in [-0.4, -0.2) is 43.2 Å². The van der Waals surface area contributed by atoms with E-state index in [1.54, 1.807) is 0 Å². The van der Waals surface area contributed by atoms with E-state index in [0.29, 0.717) is 6.42 Å². The Morgan fingerprint density at radius 2 is 1.26 bits per heavy atom. The molecule has 0 aromatic carbocycles. The van der Waals surface area contributed by atoms with Gasteiger partial charge in [-0.2, -0.15) is 0 Å². The third kappa shape index (κ3) is 20.0. The average molecular weight is 322 g/mol. The molecule has 3 nitrogen and oxygen atoms in total. The summed E-state index contributed by atoms with van der Waals surface area (Å²) in [6.07, 6.45) is 17.0. The molecule has 0 bridgehead atoms. The third-order valence-corrected chi connectivity index (χ3v) is 4.29. The molecule has 0 aromatic heterocycles. The summed E-state index contributed by atoms with van der Waals surface area (Å²) in [7, 11) is 1.45. The molecule has 0 saturated heterocycles. The first-order valence-electron chi connectivity index (χ1n) is 9.45. The maximum absolute atomic E-state index is 10.9. The minimum absolute atomic E-state index is 0. The number of carbonyl (C=O) groups is 1. The molecule has 134 valence electrons. The van der Waals surface area contributed by atoms with E-state index in [2.05, 4.69) is 11.7 Å². The predicted molar refractivity (Wildman–Crippen MR) is 100 cm³/mol. The first kappa shape index (κ1) is 25.3. The van der Waals surface area contributed by atoms with Crippen LogP contribution in [0.2, 0.25) is 0 Å². The van der Waals surface area contributed by atoms with Crippen molar-refractivity contribution in [3.8, 4) is 0 Å². The number of hydrogen-bond acceptors (Lipinski definition) is 3. The van der Waals surface area contributed by atoms with Gasteiger partial charge >= 0.3 is 24.8 Å². The van der Waals surface area contributed by atoms with Crippen LogP contribution in [0.1, 0.15) is 103 Å². The molecule has 23 heavy (non-hydrogen) atoms. The molecule has 0 fully saturated rings. The van der Waals surface area contributed by atoms with E-state index < -0.39 is 0 Å². The number of esters is 1. The Morgan fingerprint density at radius 1 is 0.826 bits per heavy atom. The Kier molecular flexibility index (Phi) is 22.1. The second-order valence-corrected chi connectivity index (χ2v) is 6.45. The van der Waals surface area contributed by atoms with E-state index in [1.165, 1.54) is 64.9 Å². The quantitative estimate of drug-likeness (QED) is 0.253. The Balaban J connectivity index is 0. The first-order valence-corrected chi connectivity index (χ1v) is 9.45. The van der Waals surface area contributed by atoms with E-state index in [1.807, 2.05) is 0 Å². The molecule has 0 aromatic rings. The summed E-state index contributed by atoms with van der Waals surface area (Å²) >= 11 is 0. The fourth-order valence-electron chi connectivity index (χ4n) is 2.76. The number of unbranched alkanes of at least 4 members (excludes halogenated alkanes) is 10. The number of ether oxygens (including phenoxy) is 1. The van der Waals surface area contributed by atoms with Crippen LogP contribution in [0.25, 0.3) is 0 Å². The van der Waals surface area contributed by atoms with E-state index in [4.69, 9.17) is 0 Å². The molecule has 4 heteroatoms. The van der Waals surface area contributed by atoms with Crippen LogP contribution in [0, 0.1) is 0 Å². The van der Waals surface area contributed by atoms with Crippen molar-refractivity contribution in [2.75, 3.05) is 7.11 Å². The number of aliphatic hydroxyl groups is 1. The summed E-state index contributed by atoms with van der Waals surface area (Å²) in [6, 6.07) is 0. The molecular weight excluding hydrogens is 283 g/mol. The van der Waals surface area contributed by atoms with Crippen LogP contribution in [0.15, 0.2) is 0 Å². The summed E-state index contributed by atoms with van der Waals surface area (Å²) in [4.78, 5) is 10.9. The van der Waals surface area contributed by atoms with E-state index >= 15 is 0 Å². The predicted octanol–water partition coefficient (Wildman–Crippen LogP) is 4.74. The SMILES string of the molecule is CCCCCCC(O)CCCCCCCCCCC(=O)OC.[LiH]. The second-order valence-electron chi connectivity index (χ2n) is 6.45. The van der Waals surface area contributed by atoms with Crippen molar-refractivity contribution in [2.24, 2.45) is 0 Å². The third-order valence-electron chi connectivity index (χ3n) is 4.29. The fourth-order valence-corrected chi connectivity index (χ4v) is 2.76. The van der Waals surface area contributed by atoms with Gasteiger partial charge in [0, 0.05) is 6.42 Å². The molecular formula is C19H39LiO3. The summed E-state index contributed by atoms with van der Waals surface area (Å²) in [5, 5.41) is 9.88. The molecule has 1 N–H and O–H groups in total. The van der Waals surface area contributed by atoms with Crippen LogP contribution in [0.5, 0.6) is 0 Å². The van der Waals surface area contributed by atoms with Crippen molar-refractivity contribution in [1.82, 2.24) is 0 Å². The number of aliphatic hydroxyl groups excluding tert-OH is 1. The Labute approximate surface area is 156 Å². The monoisotopic (exact) mass is 322 g/mol. The minimum atomic E-state index is -0.0896. The van der Waals surface area contributed by atoms with Crippen molar-refractivity contribution in [3.05, 3.63) is 0 Å². The molecule has 0 aliphatic rings. The summed E-state index contributed by atoms with van der Waals surface area (Å²) in [5.41, 5.74) is 0. The van der Waals surface area contributed by atoms with Gasteiger partial charge in [0.1, 0.15) is 0 Å². The number of hydrogen-bond donors (Lipinski definition) is 1. The average Bonchev–Trinajstić information content (AvgIpc) is 2.53. The standard InChI is InChI=1S/C19H38O3.Li.H/c1-3-4-5-12-15-18(20)16-13-10-8-6-7-9-11-14-17-19(21)22-2;;/h18,20H,3-17H2,1-2H3;;. The number of methoxy groups -OCH3 is 1. The van der Waals surface area contributed by atoms with Gasteiger partial charge in [-0.3, -0.25) is 4.79 Å². The van der Waals surface area contributed by atoms with E-state index in [9.17, 15) is 9.90 Å². The van der Waals surface area contributed by atoms with Crippen LogP contribution in [-0.2, 0) is 9.53 Å². The molecule has 0 aliphatic heterocycles. The van der Waals surface area contributed by atoms with Gasteiger partial charge in [0.05, 0.1) is 13.2 Å². The molecule has 0 rings (SSSR count). The number of rotatable bonds is 16. The van der Waals surface area contributed by atoms with Crippen LogP contribution in [0.3, 0.4) is 0 Å². The topological polar surface area (TPSA) is 46.5 Å². The van der Waals surface area contributed by atoms with E-state index in [-0.39, 0.29) is 30.9 Å². The second kappa shape index (κ2) is 20.1. The van der Waals surface area contributed by atoms with Crippen LogP contribution >= 0.6 is 0 Å². The van der Waals surface area contributed by atoms with Gasteiger partial charge in [0.25, 0.3) is 0 Å². The Bertz CT molecular complexity index is 247. The van der Waals surface area contributed by atoms with Crippen molar-refractivity contribution >= 4 is 24.8 Å². The van der Waals surface area contributed by atoms with Gasteiger partial charge in [-0.15, -0.1) is 0 Å². The van der Waals surface area contributed by atoms with Crippen molar-refractivity contribution in [3.63, 3.8) is 0 Å². The Morgan fingerprint density at radius 3 is 1.74 bits per heavy atom. The molecule has 1 atom stereocenters. The molecule has 0 heterocycles. The zero-order valence-corrected chi connectivity index (χ0v) is 14.9. The zero-order valence-electron chi connectivity index (χ0n) is 14.9. The molecule has 0 spiro atoms. The van der Waals surface area contributed by atoms with Crippen molar-refractivity contribution in [2.45, 2.75) is 109 Å². The normalized spacial score (nSPS) is 11.8. The Hall–Kier alpha value is 0.0274. The first-order chi connectivity index (χ1) is 10.7. The molecule has 1 unspecified atom stereocenters. The molecule has 0 amide bonds. The van der Waals surface area contributed by atoms with Gasteiger partial charge < -0.3 is 9.84 Å². The van der Waals surface area contributed by atoms with Crippen LogP contribution < -0.4 is 0 Å². The maximum atomic E-state index is 10.9. The summed E-state index contributed by atoms with van der Waals surface area (Å²) < 4.78 is 4.62. The van der Waals surface area contributed by atoms with E-state index in [0.717, 1.165) is 32.1 Å². The van der Waals surface area contributed by atoms with Crippen LogP contribution in [0.4, 0.5) is 0 Å². The molecule has 0 radical (unpaired) electrons. The van der Waals surface area contributed by atoms with Gasteiger partial charge in [-0.05, 0) is 19.3 Å². The summed E-state index contributed by atoms with van der Waals surface area (Å²) in [6.45, 7) is 2.22. The zero-order chi connectivity index (χ0) is 16.5. The van der Waals surface area contributed by atoms with Crippen molar-refractivity contribution < 1.29 is 14.6 Å². The van der Waals surface area contributed by atoms with Gasteiger partial charge in [-0.1, -0.05) is 77.6 Å². The van der Waals surface area contributed by atoms with Crippen molar-refractivity contribution in [1.29, 1.82) is 0 Å². The van der Waals surface area contributed by atoms with Gasteiger partial charge in [0.2, 0.25) is 0 Å².